The highest BCUT2D eigenvalue weighted by atomic mass is 32.2. The number of carbonyl (C=O) groups is 1. The van der Waals surface area contributed by atoms with Crippen LogP contribution >= 0.6 is 11.8 Å². The van der Waals surface area contributed by atoms with Crippen LogP contribution in [-0.2, 0) is 4.79 Å². The van der Waals surface area contributed by atoms with Gasteiger partial charge in [-0.1, -0.05) is 17.8 Å². The van der Waals surface area contributed by atoms with Gasteiger partial charge in [-0.15, -0.1) is 10.2 Å². The van der Waals surface area contributed by atoms with Crippen LogP contribution in [0.5, 0.6) is 0 Å². The van der Waals surface area contributed by atoms with Gasteiger partial charge >= 0.3 is 0 Å². The molecule has 124 valence electrons. The first-order chi connectivity index (χ1) is 11.5. The highest BCUT2D eigenvalue weighted by Gasteiger charge is 2.15. The molecule has 24 heavy (non-hydrogen) atoms. The van der Waals surface area contributed by atoms with Gasteiger partial charge in [-0.25, -0.2) is 4.68 Å². The highest BCUT2D eigenvalue weighted by molar-refractivity contribution is 7.99. The molecule has 8 heteroatoms. The maximum absolute atomic E-state index is 12.1. The second kappa shape index (κ2) is 6.79. The van der Waals surface area contributed by atoms with Crippen LogP contribution in [0.1, 0.15) is 11.1 Å². The molecule has 2 heterocycles. The molecule has 3 aromatic rings. The van der Waals surface area contributed by atoms with E-state index in [0.29, 0.717) is 16.7 Å². The lowest BCUT2D eigenvalue weighted by Crippen LogP contribution is -2.16. The zero-order chi connectivity index (χ0) is 17.1. The number of hydrogen-bond acceptors (Lipinski definition) is 6. The number of thioether (sulfide) groups is 1. The third-order valence-corrected chi connectivity index (χ3v) is 4.19. The van der Waals surface area contributed by atoms with Gasteiger partial charge in [0.15, 0.2) is 5.76 Å². The summed E-state index contributed by atoms with van der Waals surface area (Å²) in [6.07, 6.45) is 1.54. The van der Waals surface area contributed by atoms with Crippen LogP contribution in [0.25, 0.3) is 11.6 Å². The fourth-order valence-electron chi connectivity index (χ4n) is 2.32. The van der Waals surface area contributed by atoms with E-state index in [2.05, 4.69) is 21.6 Å². The number of nitrogens with zero attached hydrogens (tertiary/aromatic N) is 3. The molecule has 2 aromatic heterocycles. The minimum Gasteiger partial charge on any atom is -0.461 e. The molecule has 7 nitrogen and oxygen atoms in total. The largest absolute Gasteiger partial charge is 0.461 e. The molecular formula is C16H17N5O2S. The van der Waals surface area contributed by atoms with Crippen molar-refractivity contribution < 1.29 is 9.21 Å². The summed E-state index contributed by atoms with van der Waals surface area (Å²) in [5.74, 6) is 6.94. The zero-order valence-corrected chi connectivity index (χ0v) is 14.1. The molecule has 0 saturated heterocycles. The van der Waals surface area contributed by atoms with Gasteiger partial charge in [0.05, 0.1) is 12.0 Å². The normalized spacial score (nSPS) is 10.8. The first-order valence-corrected chi connectivity index (χ1v) is 8.27. The summed E-state index contributed by atoms with van der Waals surface area (Å²) >= 11 is 1.21. The number of anilines is 1. The number of carbonyl (C=O) groups excluding carboxylic acids is 1. The van der Waals surface area contributed by atoms with Crippen LogP contribution in [0.4, 0.5) is 5.69 Å². The first-order valence-electron chi connectivity index (χ1n) is 7.28. The number of amides is 1. The number of aromatic nitrogens is 3. The summed E-state index contributed by atoms with van der Waals surface area (Å²) in [7, 11) is 0. The van der Waals surface area contributed by atoms with E-state index in [1.54, 1.807) is 12.1 Å². The Morgan fingerprint density at radius 1 is 1.29 bits per heavy atom. The molecule has 0 spiro atoms. The molecule has 0 bridgehead atoms. The van der Waals surface area contributed by atoms with E-state index in [9.17, 15) is 4.79 Å². The number of nitrogens with two attached hydrogens (primary N) is 1. The standard InChI is InChI=1S/C16H17N5O2S/c1-10-6-11(2)8-12(7-10)18-14(22)9-24-16-20-19-15(21(16)17)13-4-3-5-23-13/h3-8H,9,17H2,1-2H3,(H,18,22). The Hall–Kier alpha value is -2.74. The van der Waals surface area contributed by atoms with Crippen LogP contribution in [0, 0.1) is 13.8 Å². The van der Waals surface area contributed by atoms with Gasteiger partial charge in [-0.2, -0.15) is 0 Å². The Morgan fingerprint density at radius 2 is 2.04 bits per heavy atom. The quantitative estimate of drug-likeness (QED) is 0.546. The van der Waals surface area contributed by atoms with Crippen molar-refractivity contribution in [3.05, 3.63) is 47.7 Å². The van der Waals surface area contributed by atoms with E-state index in [1.807, 2.05) is 26.0 Å². The van der Waals surface area contributed by atoms with Crippen molar-refractivity contribution in [2.75, 3.05) is 16.9 Å². The molecule has 3 N–H and O–H groups in total. The van der Waals surface area contributed by atoms with Crippen LogP contribution < -0.4 is 11.2 Å². The lowest BCUT2D eigenvalue weighted by atomic mass is 10.1. The smallest absolute Gasteiger partial charge is 0.234 e. The number of furan rings is 1. The molecular weight excluding hydrogens is 326 g/mol. The van der Waals surface area contributed by atoms with Gasteiger partial charge in [0.25, 0.3) is 0 Å². The van der Waals surface area contributed by atoms with Gasteiger partial charge < -0.3 is 15.6 Å². The highest BCUT2D eigenvalue weighted by Crippen LogP contribution is 2.22. The molecule has 0 saturated carbocycles. The zero-order valence-electron chi connectivity index (χ0n) is 13.3. The lowest BCUT2D eigenvalue weighted by molar-refractivity contribution is -0.113. The molecule has 0 aliphatic carbocycles. The van der Waals surface area contributed by atoms with E-state index in [-0.39, 0.29) is 11.7 Å². The Morgan fingerprint density at radius 3 is 2.71 bits per heavy atom. The third kappa shape index (κ3) is 3.60. The van der Waals surface area contributed by atoms with Crippen LogP contribution in [0.3, 0.4) is 0 Å². The molecule has 0 atom stereocenters. The SMILES string of the molecule is Cc1cc(C)cc(NC(=O)CSc2nnc(-c3ccco3)n2N)c1. The molecule has 0 unspecified atom stereocenters. The summed E-state index contributed by atoms with van der Waals surface area (Å²) in [4.78, 5) is 12.1. The summed E-state index contributed by atoms with van der Waals surface area (Å²) in [6.45, 7) is 3.98. The molecule has 0 fully saturated rings. The number of hydrogen-bond donors (Lipinski definition) is 2. The van der Waals surface area contributed by atoms with Crippen molar-refractivity contribution >= 4 is 23.4 Å². The van der Waals surface area contributed by atoms with Crippen molar-refractivity contribution in [2.24, 2.45) is 0 Å². The number of aryl methyl sites for hydroxylation is 2. The first kappa shape index (κ1) is 16.1. The van der Waals surface area contributed by atoms with Gasteiger partial charge in [-0.05, 0) is 49.2 Å². The van der Waals surface area contributed by atoms with Gasteiger partial charge in [0, 0.05) is 5.69 Å². The third-order valence-electron chi connectivity index (χ3n) is 3.24. The lowest BCUT2D eigenvalue weighted by Gasteiger charge is -2.07. The fourth-order valence-corrected chi connectivity index (χ4v) is 2.98. The van der Waals surface area contributed by atoms with E-state index >= 15 is 0 Å². The van der Waals surface area contributed by atoms with Crippen LogP contribution in [0.15, 0.2) is 46.2 Å². The second-order valence-electron chi connectivity index (χ2n) is 5.37. The average molecular weight is 343 g/mol. The summed E-state index contributed by atoms with van der Waals surface area (Å²) < 4.78 is 6.56. The van der Waals surface area contributed by atoms with Crippen molar-refractivity contribution in [2.45, 2.75) is 19.0 Å². The maximum atomic E-state index is 12.1. The summed E-state index contributed by atoms with van der Waals surface area (Å²) in [5, 5.41) is 11.3. The predicted octanol–water partition coefficient (Wildman–Crippen LogP) is 2.60. The Labute approximate surface area is 143 Å². The Balaban J connectivity index is 1.62. The van der Waals surface area contributed by atoms with Gasteiger partial charge in [0.2, 0.25) is 16.9 Å². The van der Waals surface area contributed by atoms with E-state index in [4.69, 9.17) is 10.3 Å². The Bertz CT molecular complexity index is 837. The fraction of sp³-hybridized carbons (Fsp3) is 0.188. The molecule has 0 radical (unpaired) electrons. The predicted molar refractivity (Wildman–Crippen MR) is 93.1 cm³/mol. The number of benzene rings is 1. The van der Waals surface area contributed by atoms with Crippen molar-refractivity contribution in [1.29, 1.82) is 0 Å². The minimum absolute atomic E-state index is 0.132. The van der Waals surface area contributed by atoms with Crippen LogP contribution in [-0.4, -0.2) is 26.5 Å². The van der Waals surface area contributed by atoms with Crippen molar-refractivity contribution in [3.63, 3.8) is 0 Å². The molecule has 0 aliphatic rings. The van der Waals surface area contributed by atoms with E-state index in [0.717, 1.165) is 16.8 Å². The molecule has 3 rings (SSSR count). The number of nitrogen functional groups attached to an aromatic ring is 1. The second-order valence-corrected chi connectivity index (χ2v) is 6.31. The van der Waals surface area contributed by atoms with Crippen molar-refractivity contribution in [1.82, 2.24) is 14.9 Å². The summed E-state index contributed by atoms with van der Waals surface area (Å²) in [6, 6.07) is 9.40. The van der Waals surface area contributed by atoms with Crippen LogP contribution in [0.2, 0.25) is 0 Å². The van der Waals surface area contributed by atoms with Crippen molar-refractivity contribution in [3.8, 4) is 11.6 Å². The summed E-state index contributed by atoms with van der Waals surface area (Å²) in [5.41, 5.74) is 2.98. The monoisotopic (exact) mass is 343 g/mol. The topological polar surface area (TPSA) is 99.0 Å². The number of nitrogens with one attached hydrogen (secondary N) is 1. The minimum atomic E-state index is -0.132. The molecule has 1 amide bonds. The molecule has 1 aromatic carbocycles. The van der Waals surface area contributed by atoms with E-state index in [1.165, 1.54) is 22.7 Å². The average Bonchev–Trinajstić information content (AvgIpc) is 3.13. The van der Waals surface area contributed by atoms with Gasteiger partial charge in [0.1, 0.15) is 0 Å². The number of rotatable bonds is 5. The van der Waals surface area contributed by atoms with E-state index < -0.39 is 0 Å². The van der Waals surface area contributed by atoms with Gasteiger partial charge in [-0.3, -0.25) is 4.79 Å². The maximum Gasteiger partial charge on any atom is 0.234 e. The molecule has 0 aliphatic heterocycles. The Kier molecular flexibility index (Phi) is 4.57.